The number of allylic oxidation sites excluding steroid dienone is 1. The van der Waals surface area contributed by atoms with Crippen LogP contribution in [0.2, 0.25) is 0 Å². The summed E-state index contributed by atoms with van der Waals surface area (Å²) in [6.07, 6.45) is -1.66. The number of fused-ring (bicyclic) bond motifs is 1. The molecule has 0 spiro atoms. The number of benzene rings is 2. The Labute approximate surface area is 148 Å². The molecule has 2 aromatic carbocycles. The molecular weight excluding hydrogens is 341 g/mol. The summed E-state index contributed by atoms with van der Waals surface area (Å²) in [7, 11) is 0. The Morgan fingerprint density at radius 3 is 2.62 bits per heavy atom. The van der Waals surface area contributed by atoms with Crippen molar-refractivity contribution in [3.05, 3.63) is 77.5 Å². The maximum atomic E-state index is 12.5. The molecule has 3 nitrogen and oxygen atoms in total. The second kappa shape index (κ2) is 7.00. The van der Waals surface area contributed by atoms with Crippen molar-refractivity contribution in [1.29, 1.82) is 0 Å². The Hall–Kier alpha value is -3.15. The number of hydrogen-bond donors (Lipinski definition) is 1. The average molecular weight is 356 g/mol. The van der Waals surface area contributed by atoms with E-state index in [1.165, 1.54) is 18.2 Å². The molecule has 0 radical (unpaired) electrons. The fourth-order valence-electron chi connectivity index (χ4n) is 2.57. The smallest absolute Gasteiger partial charge is 0.321 e. The number of para-hydroxylation sites is 1. The molecule has 0 fully saturated rings. The largest absolute Gasteiger partial charge is 0.409 e. The van der Waals surface area contributed by atoms with Crippen molar-refractivity contribution < 1.29 is 18.0 Å². The minimum absolute atomic E-state index is 0.169. The molecule has 1 amide bonds. The van der Waals surface area contributed by atoms with Gasteiger partial charge in [0.1, 0.15) is 0 Å². The van der Waals surface area contributed by atoms with Crippen LogP contribution in [-0.4, -0.2) is 17.1 Å². The lowest BCUT2D eigenvalue weighted by Gasteiger charge is -2.09. The van der Waals surface area contributed by atoms with E-state index in [0.29, 0.717) is 22.4 Å². The quantitative estimate of drug-likeness (QED) is 0.685. The van der Waals surface area contributed by atoms with Crippen LogP contribution in [0.25, 0.3) is 17.0 Å². The van der Waals surface area contributed by atoms with Gasteiger partial charge in [-0.1, -0.05) is 36.4 Å². The lowest BCUT2D eigenvalue weighted by Crippen LogP contribution is -2.13. The first-order valence-electron chi connectivity index (χ1n) is 7.84. The molecule has 0 saturated heterocycles. The van der Waals surface area contributed by atoms with E-state index in [0.717, 1.165) is 17.0 Å². The Morgan fingerprint density at radius 1 is 1.12 bits per heavy atom. The SMILES string of the molecule is Cc1cc(/C=C/C(F)(F)F)ccc1C(=O)Nc1cnc2ccccc2c1. The zero-order chi connectivity index (χ0) is 18.7. The molecule has 0 bridgehead atoms. The van der Waals surface area contributed by atoms with Crippen molar-refractivity contribution in [2.75, 3.05) is 5.32 Å². The third kappa shape index (κ3) is 4.27. The van der Waals surface area contributed by atoms with Gasteiger partial charge in [0, 0.05) is 17.0 Å². The number of aromatic nitrogens is 1. The summed E-state index contributed by atoms with van der Waals surface area (Å²) in [5, 5.41) is 3.67. The Morgan fingerprint density at radius 2 is 1.88 bits per heavy atom. The van der Waals surface area contributed by atoms with E-state index in [9.17, 15) is 18.0 Å². The highest BCUT2D eigenvalue weighted by atomic mass is 19.4. The summed E-state index contributed by atoms with van der Waals surface area (Å²) in [6, 6.07) is 13.9. The Balaban J connectivity index is 1.79. The van der Waals surface area contributed by atoms with Crippen LogP contribution in [0.5, 0.6) is 0 Å². The van der Waals surface area contributed by atoms with Crippen molar-refractivity contribution in [2.45, 2.75) is 13.1 Å². The summed E-state index contributed by atoms with van der Waals surface area (Å²) in [6.45, 7) is 1.68. The fraction of sp³-hybridized carbons (Fsp3) is 0.100. The second-order valence-electron chi connectivity index (χ2n) is 5.82. The highest BCUT2D eigenvalue weighted by molar-refractivity contribution is 6.06. The number of nitrogens with one attached hydrogen (secondary N) is 1. The zero-order valence-corrected chi connectivity index (χ0v) is 13.8. The van der Waals surface area contributed by atoms with Crippen LogP contribution in [0.3, 0.4) is 0 Å². The Kier molecular flexibility index (Phi) is 4.75. The number of carbonyl (C=O) groups is 1. The third-order valence-electron chi connectivity index (χ3n) is 3.81. The summed E-state index contributed by atoms with van der Waals surface area (Å²) in [5.41, 5.74) is 2.73. The van der Waals surface area contributed by atoms with E-state index >= 15 is 0 Å². The van der Waals surface area contributed by atoms with Crippen molar-refractivity contribution in [3.8, 4) is 0 Å². The predicted octanol–water partition coefficient (Wildman–Crippen LogP) is 5.37. The number of pyridine rings is 1. The molecule has 6 heteroatoms. The van der Waals surface area contributed by atoms with E-state index in [2.05, 4.69) is 10.3 Å². The molecule has 3 rings (SSSR count). The van der Waals surface area contributed by atoms with E-state index in [4.69, 9.17) is 0 Å². The highest BCUT2D eigenvalue weighted by Gasteiger charge is 2.21. The molecule has 0 atom stereocenters. The molecule has 132 valence electrons. The number of halogens is 3. The van der Waals surface area contributed by atoms with Crippen LogP contribution < -0.4 is 5.32 Å². The molecule has 1 aromatic heterocycles. The molecular formula is C20H15F3N2O. The van der Waals surface area contributed by atoms with Crippen molar-refractivity contribution in [3.63, 3.8) is 0 Å². The average Bonchev–Trinajstić information content (AvgIpc) is 2.59. The van der Waals surface area contributed by atoms with Crippen LogP contribution in [-0.2, 0) is 0 Å². The first-order chi connectivity index (χ1) is 12.3. The number of amides is 1. The molecule has 1 N–H and O–H groups in total. The summed E-state index contributed by atoms with van der Waals surface area (Å²) in [5.74, 6) is -0.342. The standard InChI is InChI=1S/C20H15F3N2O/c1-13-10-14(8-9-20(21,22)23)6-7-17(13)19(26)25-16-11-15-4-2-3-5-18(15)24-12-16/h2-12H,1H3,(H,25,26)/b9-8+. The number of hydrogen-bond acceptors (Lipinski definition) is 2. The molecule has 0 aliphatic rings. The number of anilines is 1. The van der Waals surface area contributed by atoms with E-state index in [1.54, 1.807) is 13.1 Å². The van der Waals surface area contributed by atoms with Gasteiger partial charge in [-0.2, -0.15) is 13.2 Å². The molecule has 3 aromatic rings. The maximum Gasteiger partial charge on any atom is 0.409 e. The molecule has 0 unspecified atom stereocenters. The maximum absolute atomic E-state index is 12.5. The van der Waals surface area contributed by atoms with Gasteiger partial charge in [0.15, 0.2) is 0 Å². The van der Waals surface area contributed by atoms with Gasteiger partial charge in [0.05, 0.1) is 17.4 Å². The number of alkyl halides is 3. The minimum atomic E-state index is -4.37. The zero-order valence-electron chi connectivity index (χ0n) is 13.8. The van der Waals surface area contributed by atoms with Crippen molar-refractivity contribution in [2.24, 2.45) is 0 Å². The highest BCUT2D eigenvalue weighted by Crippen LogP contribution is 2.21. The van der Waals surface area contributed by atoms with Gasteiger partial charge >= 0.3 is 6.18 Å². The Bertz CT molecular complexity index is 994. The van der Waals surface area contributed by atoms with E-state index < -0.39 is 6.18 Å². The minimum Gasteiger partial charge on any atom is -0.321 e. The van der Waals surface area contributed by atoms with Crippen molar-refractivity contribution in [1.82, 2.24) is 4.98 Å². The lowest BCUT2D eigenvalue weighted by atomic mass is 10.0. The van der Waals surface area contributed by atoms with Crippen LogP contribution in [0.4, 0.5) is 18.9 Å². The van der Waals surface area contributed by atoms with Crippen molar-refractivity contribution >= 4 is 28.6 Å². The number of nitrogens with zero attached hydrogens (tertiary/aromatic N) is 1. The third-order valence-corrected chi connectivity index (χ3v) is 3.81. The van der Waals surface area contributed by atoms with Gasteiger partial charge in [-0.15, -0.1) is 0 Å². The molecule has 0 aliphatic heterocycles. The second-order valence-corrected chi connectivity index (χ2v) is 5.82. The normalized spacial score (nSPS) is 11.8. The number of carbonyl (C=O) groups excluding carboxylic acids is 1. The van der Waals surface area contributed by atoms with Gasteiger partial charge in [-0.25, -0.2) is 0 Å². The summed E-state index contributed by atoms with van der Waals surface area (Å²) < 4.78 is 36.7. The summed E-state index contributed by atoms with van der Waals surface area (Å²) >= 11 is 0. The number of aryl methyl sites for hydroxylation is 1. The van der Waals surface area contributed by atoms with Crippen LogP contribution in [0.1, 0.15) is 21.5 Å². The predicted molar refractivity (Wildman–Crippen MR) is 96.0 cm³/mol. The van der Waals surface area contributed by atoms with Gasteiger partial charge in [0.25, 0.3) is 5.91 Å². The number of rotatable bonds is 3. The van der Waals surface area contributed by atoms with E-state index in [-0.39, 0.29) is 12.0 Å². The van der Waals surface area contributed by atoms with Crippen LogP contribution in [0, 0.1) is 6.92 Å². The monoisotopic (exact) mass is 356 g/mol. The van der Waals surface area contributed by atoms with Crippen LogP contribution in [0.15, 0.2) is 60.8 Å². The fourth-order valence-corrected chi connectivity index (χ4v) is 2.57. The first-order valence-corrected chi connectivity index (χ1v) is 7.84. The van der Waals surface area contributed by atoms with Gasteiger partial charge < -0.3 is 5.32 Å². The van der Waals surface area contributed by atoms with E-state index in [1.807, 2.05) is 30.3 Å². The van der Waals surface area contributed by atoms with Gasteiger partial charge in [0.2, 0.25) is 0 Å². The van der Waals surface area contributed by atoms with Gasteiger partial charge in [-0.3, -0.25) is 9.78 Å². The lowest BCUT2D eigenvalue weighted by molar-refractivity contribution is -0.0790. The van der Waals surface area contributed by atoms with Crippen LogP contribution >= 0.6 is 0 Å². The topological polar surface area (TPSA) is 42.0 Å². The molecule has 26 heavy (non-hydrogen) atoms. The molecule has 0 saturated carbocycles. The van der Waals surface area contributed by atoms with Gasteiger partial charge in [-0.05, 0) is 36.2 Å². The molecule has 0 aliphatic carbocycles. The summed E-state index contributed by atoms with van der Waals surface area (Å²) in [4.78, 5) is 16.7. The molecule has 1 heterocycles. The first kappa shape index (κ1) is 17.7.